The van der Waals surface area contributed by atoms with Crippen LogP contribution in [0.3, 0.4) is 0 Å². The summed E-state index contributed by atoms with van der Waals surface area (Å²) in [5.74, 6) is 0.812. The average Bonchev–Trinajstić information content (AvgIpc) is 2.67. The molecule has 0 bridgehead atoms. The van der Waals surface area contributed by atoms with Gasteiger partial charge in [0.2, 0.25) is 5.16 Å². The standard InChI is InChI=1S/C11H13N3OS/c1-7-5-9(6-15)3-4-10(7)16-11-12-8(2)13-14-11/h3-5,15H,6H2,1-2H3,(H,12,13,14). The van der Waals surface area contributed by atoms with E-state index in [1.54, 1.807) is 0 Å². The first-order valence-electron chi connectivity index (χ1n) is 4.96. The fraction of sp³-hybridized carbons (Fsp3) is 0.273. The van der Waals surface area contributed by atoms with E-state index in [1.165, 1.54) is 11.8 Å². The number of rotatable bonds is 3. The summed E-state index contributed by atoms with van der Waals surface area (Å²) in [6.45, 7) is 3.96. The number of benzene rings is 1. The number of hydrogen-bond donors (Lipinski definition) is 2. The molecule has 16 heavy (non-hydrogen) atoms. The number of aromatic nitrogens is 3. The SMILES string of the molecule is Cc1nc(Sc2ccc(CO)cc2C)n[nH]1. The highest BCUT2D eigenvalue weighted by Crippen LogP contribution is 2.28. The molecule has 0 saturated heterocycles. The van der Waals surface area contributed by atoms with Gasteiger partial charge in [-0.05, 0) is 42.8 Å². The van der Waals surface area contributed by atoms with Gasteiger partial charge in [0, 0.05) is 4.90 Å². The molecule has 0 unspecified atom stereocenters. The maximum Gasteiger partial charge on any atom is 0.213 e. The van der Waals surface area contributed by atoms with Gasteiger partial charge in [-0.25, -0.2) is 4.98 Å². The Balaban J connectivity index is 2.21. The van der Waals surface area contributed by atoms with Gasteiger partial charge in [-0.15, -0.1) is 5.10 Å². The van der Waals surface area contributed by atoms with E-state index >= 15 is 0 Å². The van der Waals surface area contributed by atoms with Gasteiger partial charge in [0.1, 0.15) is 5.82 Å². The van der Waals surface area contributed by atoms with E-state index in [9.17, 15) is 0 Å². The van der Waals surface area contributed by atoms with E-state index in [1.807, 2.05) is 32.0 Å². The number of H-pyrrole nitrogens is 1. The number of nitrogens with zero attached hydrogens (tertiary/aromatic N) is 2. The molecule has 0 atom stereocenters. The van der Waals surface area contributed by atoms with E-state index in [0.717, 1.165) is 27.0 Å². The highest BCUT2D eigenvalue weighted by molar-refractivity contribution is 7.99. The minimum Gasteiger partial charge on any atom is -0.392 e. The van der Waals surface area contributed by atoms with E-state index in [4.69, 9.17) is 5.11 Å². The van der Waals surface area contributed by atoms with Crippen LogP contribution < -0.4 is 0 Å². The number of aliphatic hydroxyl groups is 1. The summed E-state index contributed by atoms with van der Waals surface area (Å²) >= 11 is 1.52. The van der Waals surface area contributed by atoms with Crippen LogP contribution in [-0.2, 0) is 6.61 Å². The maximum atomic E-state index is 9.01. The Labute approximate surface area is 98.1 Å². The van der Waals surface area contributed by atoms with Crippen molar-refractivity contribution < 1.29 is 5.11 Å². The van der Waals surface area contributed by atoms with Gasteiger partial charge in [0.15, 0.2) is 0 Å². The number of aryl methyl sites for hydroxylation is 2. The fourth-order valence-electron chi connectivity index (χ4n) is 1.39. The van der Waals surface area contributed by atoms with Crippen molar-refractivity contribution >= 4 is 11.8 Å². The monoisotopic (exact) mass is 235 g/mol. The smallest absolute Gasteiger partial charge is 0.213 e. The highest BCUT2D eigenvalue weighted by Gasteiger charge is 2.05. The molecule has 2 aromatic rings. The summed E-state index contributed by atoms with van der Waals surface area (Å²) in [4.78, 5) is 5.34. The number of aliphatic hydroxyl groups excluding tert-OH is 1. The van der Waals surface area contributed by atoms with Crippen molar-refractivity contribution in [1.29, 1.82) is 0 Å². The zero-order valence-corrected chi connectivity index (χ0v) is 10.0. The topological polar surface area (TPSA) is 61.8 Å². The van der Waals surface area contributed by atoms with Crippen molar-refractivity contribution in [3.8, 4) is 0 Å². The van der Waals surface area contributed by atoms with Crippen molar-refractivity contribution in [3.05, 3.63) is 35.2 Å². The first kappa shape index (κ1) is 11.2. The Morgan fingerprint density at radius 2 is 2.19 bits per heavy atom. The normalized spacial score (nSPS) is 10.7. The summed E-state index contributed by atoms with van der Waals surface area (Å²) in [7, 11) is 0. The summed E-state index contributed by atoms with van der Waals surface area (Å²) in [5, 5.41) is 16.6. The van der Waals surface area contributed by atoms with Gasteiger partial charge in [-0.2, -0.15) is 0 Å². The Morgan fingerprint density at radius 3 is 2.75 bits per heavy atom. The van der Waals surface area contributed by atoms with Crippen LogP contribution in [0.4, 0.5) is 0 Å². The van der Waals surface area contributed by atoms with Gasteiger partial charge in [0.25, 0.3) is 0 Å². The molecule has 0 fully saturated rings. The largest absolute Gasteiger partial charge is 0.392 e. The molecular weight excluding hydrogens is 222 g/mol. The summed E-state index contributed by atoms with van der Waals surface area (Å²) < 4.78 is 0. The molecule has 2 rings (SSSR count). The number of hydrogen-bond acceptors (Lipinski definition) is 4. The predicted molar refractivity (Wildman–Crippen MR) is 62.3 cm³/mol. The van der Waals surface area contributed by atoms with Crippen LogP contribution in [0.25, 0.3) is 0 Å². The summed E-state index contributed by atoms with van der Waals surface area (Å²) in [5.41, 5.74) is 2.05. The molecule has 0 aliphatic rings. The lowest BCUT2D eigenvalue weighted by Gasteiger charge is -2.04. The van der Waals surface area contributed by atoms with Gasteiger partial charge < -0.3 is 5.11 Å². The molecule has 0 aliphatic carbocycles. The van der Waals surface area contributed by atoms with E-state index in [2.05, 4.69) is 15.2 Å². The Morgan fingerprint density at radius 1 is 1.38 bits per heavy atom. The summed E-state index contributed by atoms with van der Waals surface area (Å²) in [6, 6.07) is 5.87. The molecule has 0 saturated carbocycles. The predicted octanol–water partition coefficient (Wildman–Crippen LogP) is 2.07. The minimum absolute atomic E-state index is 0.0749. The molecule has 0 amide bonds. The van der Waals surface area contributed by atoms with E-state index < -0.39 is 0 Å². The van der Waals surface area contributed by atoms with Crippen molar-refractivity contribution in [2.45, 2.75) is 30.5 Å². The van der Waals surface area contributed by atoms with Crippen LogP contribution >= 0.6 is 11.8 Å². The Bertz CT molecular complexity index is 496. The van der Waals surface area contributed by atoms with Crippen LogP contribution in [0, 0.1) is 13.8 Å². The third-order valence-corrected chi connectivity index (χ3v) is 3.24. The molecule has 0 spiro atoms. The van der Waals surface area contributed by atoms with Crippen LogP contribution in [0.1, 0.15) is 17.0 Å². The fourth-order valence-corrected chi connectivity index (χ4v) is 2.22. The average molecular weight is 235 g/mol. The van der Waals surface area contributed by atoms with Crippen molar-refractivity contribution in [1.82, 2.24) is 15.2 Å². The second kappa shape index (κ2) is 4.67. The van der Waals surface area contributed by atoms with Gasteiger partial charge in [-0.3, -0.25) is 5.10 Å². The second-order valence-electron chi connectivity index (χ2n) is 3.56. The molecule has 5 heteroatoms. The molecule has 1 heterocycles. The number of aromatic amines is 1. The molecule has 84 valence electrons. The first-order valence-corrected chi connectivity index (χ1v) is 5.78. The maximum absolute atomic E-state index is 9.01. The lowest BCUT2D eigenvalue weighted by molar-refractivity contribution is 0.281. The van der Waals surface area contributed by atoms with E-state index in [0.29, 0.717) is 0 Å². The molecule has 2 N–H and O–H groups in total. The molecule has 4 nitrogen and oxygen atoms in total. The molecular formula is C11H13N3OS. The third kappa shape index (κ3) is 2.43. The van der Waals surface area contributed by atoms with Gasteiger partial charge in [0.05, 0.1) is 6.61 Å². The number of nitrogens with one attached hydrogen (secondary N) is 1. The van der Waals surface area contributed by atoms with Crippen LogP contribution in [0.15, 0.2) is 28.3 Å². The van der Waals surface area contributed by atoms with Crippen LogP contribution in [0.5, 0.6) is 0 Å². The van der Waals surface area contributed by atoms with Crippen LogP contribution in [0.2, 0.25) is 0 Å². The Hall–Kier alpha value is -1.33. The molecule has 0 radical (unpaired) electrons. The Kier molecular flexibility index (Phi) is 3.26. The van der Waals surface area contributed by atoms with Crippen LogP contribution in [-0.4, -0.2) is 20.3 Å². The summed E-state index contributed by atoms with van der Waals surface area (Å²) in [6.07, 6.45) is 0. The second-order valence-corrected chi connectivity index (χ2v) is 4.57. The molecule has 0 aliphatic heterocycles. The quantitative estimate of drug-likeness (QED) is 0.855. The third-order valence-electron chi connectivity index (χ3n) is 2.20. The van der Waals surface area contributed by atoms with Crippen molar-refractivity contribution in [2.24, 2.45) is 0 Å². The lowest BCUT2D eigenvalue weighted by Crippen LogP contribution is -1.87. The van der Waals surface area contributed by atoms with Gasteiger partial charge >= 0.3 is 0 Å². The zero-order chi connectivity index (χ0) is 11.5. The van der Waals surface area contributed by atoms with Crippen molar-refractivity contribution in [2.75, 3.05) is 0 Å². The highest BCUT2D eigenvalue weighted by atomic mass is 32.2. The minimum atomic E-state index is 0.0749. The van der Waals surface area contributed by atoms with E-state index in [-0.39, 0.29) is 6.61 Å². The van der Waals surface area contributed by atoms with Crippen molar-refractivity contribution in [3.63, 3.8) is 0 Å². The lowest BCUT2D eigenvalue weighted by atomic mass is 10.1. The molecule has 1 aromatic carbocycles. The first-order chi connectivity index (χ1) is 7.69. The molecule has 1 aromatic heterocycles. The van der Waals surface area contributed by atoms with Gasteiger partial charge in [-0.1, -0.05) is 12.1 Å². The zero-order valence-electron chi connectivity index (χ0n) is 9.19.